The van der Waals surface area contributed by atoms with E-state index in [1.54, 1.807) is 7.11 Å². The first kappa shape index (κ1) is 15.9. The van der Waals surface area contributed by atoms with Gasteiger partial charge in [0.05, 0.1) is 13.5 Å². The number of carbonyl (C=O) groups is 1. The fourth-order valence-corrected chi connectivity index (χ4v) is 3.21. The number of methoxy groups -OCH3 is 1. The second kappa shape index (κ2) is 6.97. The summed E-state index contributed by atoms with van der Waals surface area (Å²) in [6, 6.07) is 4.45. The number of aryl methyl sites for hydroxylation is 2. The Hall–Kier alpha value is -1.51. The van der Waals surface area contributed by atoms with E-state index in [9.17, 15) is 4.79 Å². The molecule has 1 amide bonds. The molecule has 3 heteroatoms. The van der Waals surface area contributed by atoms with Crippen LogP contribution in [0.1, 0.15) is 49.3 Å². The quantitative estimate of drug-likeness (QED) is 0.920. The van der Waals surface area contributed by atoms with Gasteiger partial charge in [0.15, 0.2) is 0 Å². The molecule has 1 fully saturated rings. The summed E-state index contributed by atoms with van der Waals surface area (Å²) in [4.78, 5) is 12.3. The summed E-state index contributed by atoms with van der Waals surface area (Å²) in [5, 5.41) is 3.19. The molecule has 0 unspecified atom stereocenters. The van der Waals surface area contributed by atoms with E-state index in [-0.39, 0.29) is 5.91 Å². The summed E-state index contributed by atoms with van der Waals surface area (Å²) in [5.41, 5.74) is 3.29. The molecule has 0 heterocycles. The number of rotatable bonds is 4. The second-order valence-corrected chi connectivity index (χ2v) is 6.46. The third-order valence-corrected chi connectivity index (χ3v) is 4.51. The predicted molar refractivity (Wildman–Crippen MR) is 85.7 cm³/mol. The number of nitrogens with one attached hydrogen (secondary N) is 1. The average Bonchev–Trinajstić information content (AvgIpc) is 2.44. The zero-order valence-electron chi connectivity index (χ0n) is 13.7. The van der Waals surface area contributed by atoms with Gasteiger partial charge in [-0.05, 0) is 62.6 Å². The molecule has 3 nitrogen and oxygen atoms in total. The van der Waals surface area contributed by atoms with Crippen LogP contribution in [-0.4, -0.2) is 19.1 Å². The standard InChI is InChI=1S/C18H27NO2/c1-12-5-7-15(8-6-12)19-18(20)11-16-14(3)9-13(2)10-17(16)21-4/h9-10,12,15H,5-8,11H2,1-4H3,(H,19,20). The molecule has 1 saturated carbocycles. The summed E-state index contributed by atoms with van der Waals surface area (Å²) in [7, 11) is 1.66. The third kappa shape index (κ3) is 4.23. The van der Waals surface area contributed by atoms with Crippen molar-refractivity contribution in [1.29, 1.82) is 0 Å². The topological polar surface area (TPSA) is 38.3 Å². The molecule has 0 atom stereocenters. The highest BCUT2D eigenvalue weighted by Gasteiger charge is 2.20. The minimum absolute atomic E-state index is 0.111. The molecule has 116 valence electrons. The lowest BCUT2D eigenvalue weighted by atomic mass is 9.87. The minimum atomic E-state index is 0.111. The lowest BCUT2D eigenvalue weighted by Crippen LogP contribution is -2.38. The number of benzene rings is 1. The van der Waals surface area contributed by atoms with Crippen molar-refractivity contribution in [3.63, 3.8) is 0 Å². The van der Waals surface area contributed by atoms with E-state index in [1.165, 1.54) is 12.8 Å². The van der Waals surface area contributed by atoms with Gasteiger partial charge in [-0.1, -0.05) is 13.0 Å². The molecule has 1 aromatic rings. The highest BCUT2D eigenvalue weighted by molar-refractivity contribution is 5.80. The van der Waals surface area contributed by atoms with Crippen LogP contribution in [0.5, 0.6) is 5.75 Å². The van der Waals surface area contributed by atoms with Crippen LogP contribution in [0.3, 0.4) is 0 Å². The van der Waals surface area contributed by atoms with Gasteiger partial charge in [-0.15, -0.1) is 0 Å². The van der Waals surface area contributed by atoms with Crippen molar-refractivity contribution in [2.45, 2.75) is 58.9 Å². The molecule has 0 saturated heterocycles. The van der Waals surface area contributed by atoms with E-state index < -0.39 is 0 Å². The van der Waals surface area contributed by atoms with Crippen LogP contribution in [0.4, 0.5) is 0 Å². The van der Waals surface area contributed by atoms with Crippen LogP contribution in [-0.2, 0) is 11.2 Å². The number of hydrogen-bond donors (Lipinski definition) is 1. The van der Waals surface area contributed by atoms with Gasteiger partial charge in [0.25, 0.3) is 0 Å². The van der Waals surface area contributed by atoms with Gasteiger partial charge in [0.1, 0.15) is 5.75 Å². The Kier molecular flexibility index (Phi) is 5.27. The van der Waals surface area contributed by atoms with E-state index in [1.807, 2.05) is 19.9 Å². The molecule has 0 aliphatic heterocycles. The van der Waals surface area contributed by atoms with Crippen LogP contribution >= 0.6 is 0 Å². The molecule has 0 bridgehead atoms. The van der Waals surface area contributed by atoms with Crippen LogP contribution in [0.2, 0.25) is 0 Å². The van der Waals surface area contributed by atoms with Crippen molar-refractivity contribution >= 4 is 5.91 Å². The van der Waals surface area contributed by atoms with E-state index in [2.05, 4.69) is 18.3 Å². The van der Waals surface area contributed by atoms with Crippen molar-refractivity contribution in [3.05, 3.63) is 28.8 Å². The van der Waals surface area contributed by atoms with Gasteiger partial charge >= 0.3 is 0 Å². The summed E-state index contributed by atoms with van der Waals surface area (Å²) >= 11 is 0. The molecule has 21 heavy (non-hydrogen) atoms. The first-order chi connectivity index (χ1) is 9.99. The lowest BCUT2D eigenvalue weighted by Gasteiger charge is -2.27. The molecular weight excluding hydrogens is 262 g/mol. The van der Waals surface area contributed by atoms with E-state index in [0.717, 1.165) is 41.2 Å². The van der Waals surface area contributed by atoms with Crippen LogP contribution in [0.15, 0.2) is 12.1 Å². The SMILES string of the molecule is COc1cc(C)cc(C)c1CC(=O)NC1CCC(C)CC1. The summed E-state index contributed by atoms with van der Waals surface area (Å²) < 4.78 is 5.43. The van der Waals surface area contributed by atoms with Gasteiger partial charge < -0.3 is 10.1 Å². The maximum absolute atomic E-state index is 12.3. The second-order valence-electron chi connectivity index (χ2n) is 6.46. The maximum Gasteiger partial charge on any atom is 0.224 e. The molecule has 1 aliphatic carbocycles. The van der Waals surface area contributed by atoms with Gasteiger partial charge in [0.2, 0.25) is 5.91 Å². The Bertz CT molecular complexity index is 502. The summed E-state index contributed by atoms with van der Waals surface area (Å²) in [6.45, 7) is 6.38. The smallest absolute Gasteiger partial charge is 0.224 e. The Labute approximate surface area is 128 Å². The molecular formula is C18H27NO2. The Morgan fingerprint density at radius 2 is 1.90 bits per heavy atom. The number of ether oxygens (including phenoxy) is 1. The Morgan fingerprint density at radius 1 is 1.24 bits per heavy atom. The van der Waals surface area contributed by atoms with Crippen molar-refractivity contribution in [2.24, 2.45) is 5.92 Å². The van der Waals surface area contributed by atoms with Gasteiger partial charge in [0, 0.05) is 11.6 Å². The van der Waals surface area contributed by atoms with Crippen molar-refractivity contribution < 1.29 is 9.53 Å². The van der Waals surface area contributed by atoms with E-state index in [0.29, 0.717) is 12.5 Å². The van der Waals surface area contributed by atoms with Gasteiger partial charge in [-0.2, -0.15) is 0 Å². The summed E-state index contributed by atoms with van der Waals surface area (Å²) in [5.74, 6) is 1.73. The molecule has 1 aromatic carbocycles. The number of hydrogen-bond acceptors (Lipinski definition) is 2. The van der Waals surface area contributed by atoms with Crippen LogP contribution < -0.4 is 10.1 Å². The van der Waals surface area contributed by atoms with Gasteiger partial charge in [-0.25, -0.2) is 0 Å². The average molecular weight is 289 g/mol. The number of amides is 1. The monoisotopic (exact) mass is 289 g/mol. The normalized spacial score (nSPS) is 21.9. The molecule has 0 radical (unpaired) electrons. The van der Waals surface area contributed by atoms with Crippen LogP contribution in [0.25, 0.3) is 0 Å². The Morgan fingerprint density at radius 3 is 2.52 bits per heavy atom. The number of carbonyl (C=O) groups excluding carboxylic acids is 1. The highest BCUT2D eigenvalue weighted by atomic mass is 16.5. The summed E-state index contributed by atoms with van der Waals surface area (Å²) in [6.07, 6.45) is 5.06. The van der Waals surface area contributed by atoms with E-state index >= 15 is 0 Å². The van der Waals surface area contributed by atoms with Crippen molar-refractivity contribution in [1.82, 2.24) is 5.32 Å². The predicted octanol–water partition coefficient (Wildman–Crippen LogP) is 3.55. The molecule has 1 N–H and O–H groups in total. The third-order valence-electron chi connectivity index (χ3n) is 4.51. The largest absolute Gasteiger partial charge is 0.496 e. The molecule has 0 spiro atoms. The fraction of sp³-hybridized carbons (Fsp3) is 0.611. The Balaban J connectivity index is 1.99. The molecule has 0 aromatic heterocycles. The van der Waals surface area contributed by atoms with E-state index in [4.69, 9.17) is 4.74 Å². The first-order valence-corrected chi connectivity index (χ1v) is 7.93. The van der Waals surface area contributed by atoms with Crippen molar-refractivity contribution in [3.8, 4) is 5.75 Å². The van der Waals surface area contributed by atoms with Crippen LogP contribution in [0, 0.1) is 19.8 Å². The zero-order valence-corrected chi connectivity index (χ0v) is 13.7. The van der Waals surface area contributed by atoms with Gasteiger partial charge in [-0.3, -0.25) is 4.79 Å². The highest BCUT2D eigenvalue weighted by Crippen LogP contribution is 2.26. The first-order valence-electron chi connectivity index (χ1n) is 7.93. The molecule has 1 aliphatic rings. The lowest BCUT2D eigenvalue weighted by molar-refractivity contribution is -0.121. The maximum atomic E-state index is 12.3. The molecule has 2 rings (SSSR count). The fourth-order valence-electron chi connectivity index (χ4n) is 3.21. The zero-order chi connectivity index (χ0) is 15.4. The van der Waals surface area contributed by atoms with Crippen molar-refractivity contribution in [2.75, 3.05) is 7.11 Å². The minimum Gasteiger partial charge on any atom is -0.496 e.